The lowest BCUT2D eigenvalue weighted by molar-refractivity contribution is 0.294. The molecule has 1 N–H and O–H groups in total. The van der Waals surface area contributed by atoms with Gasteiger partial charge in [-0.25, -0.2) is 4.98 Å². The molecule has 112 valence electrons. The molecule has 5 nitrogen and oxygen atoms in total. The molecule has 1 aromatic heterocycles. The third kappa shape index (κ3) is 4.46. The lowest BCUT2D eigenvalue weighted by atomic mass is 10.2. The van der Waals surface area contributed by atoms with Crippen molar-refractivity contribution in [3.05, 3.63) is 34.8 Å². The summed E-state index contributed by atoms with van der Waals surface area (Å²) >= 11 is 1.52. The van der Waals surface area contributed by atoms with Gasteiger partial charge in [0, 0.05) is 5.38 Å². The van der Waals surface area contributed by atoms with Crippen LogP contribution >= 0.6 is 11.3 Å². The number of ether oxygens (including phenoxy) is 2. The molecule has 0 bridgehead atoms. The Bertz CT molecular complexity index is 611. The van der Waals surface area contributed by atoms with Gasteiger partial charge in [0.25, 0.3) is 0 Å². The third-order valence-electron chi connectivity index (χ3n) is 2.64. The Balaban J connectivity index is 2.02. The van der Waals surface area contributed by atoms with Crippen LogP contribution in [-0.4, -0.2) is 24.9 Å². The van der Waals surface area contributed by atoms with Crippen molar-refractivity contribution in [2.75, 3.05) is 19.1 Å². The number of methoxy groups -OCH3 is 1. The van der Waals surface area contributed by atoms with Gasteiger partial charge in [-0.1, -0.05) is 6.92 Å². The van der Waals surface area contributed by atoms with Crippen molar-refractivity contribution < 1.29 is 9.47 Å². The van der Waals surface area contributed by atoms with Gasteiger partial charge in [0.15, 0.2) is 11.5 Å². The SMILES string of the molecule is CCCOc1ccc(/C=N\Nc2nc(C)cs2)cc1OC. The molecule has 0 unspecified atom stereocenters. The van der Waals surface area contributed by atoms with E-state index < -0.39 is 0 Å². The van der Waals surface area contributed by atoms with E-state index in [1.807, 2.05) is 30.5 Å². The van der Waals surface area contributed by atoms with Crippen LogP contribution in [-0.2, 0) is 0 Å². The van der Waals surface area contributed by atoms with E-state index in [-0.39, 0.29) is 0 Å². The molecule has 6 heteroatoms. The van der Waals surface area contributed by atoms with E-state index in [1.54, 1.807) is 13.3 Å². The molecule has 21 heavy (non-hydrogen) atoms. The van der Waals surface area contributed by atoms with Crippen molar-refractivity contribution in [2.45, 2.75) is 20.3 Å². The first kappa shape index (κ1) is 15.3. The molecule has 0 fully saturated rings. The molecular formula is C15H19N3O2S. The zero-order valence-corrected chi connectivity index (χ0v) is 13.2. The fraction of sp³-hybridized carbons (Fsp3) is 0.333. The predicted octanol–water partition coefficient (Wildman–Crippen LogP) is 3.69. The Kier molecular flexibility index (Phi) is 5.57. The number of hydrogen-bond donors (Lipinski definition) is 1. The van der Waals surface area contributed by atoms with E-state index in [9.17, 15) is 0 Å². The molecule has 0 atom stereocenters. The van der Waals surface area contributed by atoms with Crippen molar-refractivity contribution >= 4 is 22.7 Å². The molecule has 2 rings (SSSR count). The molecule has 0 saturated carbocycles. The van der Waals surface area contributed by atoms with Gasteiger partial charge in [-0.3, -0.25) is 5.43 Å². The number of aryl methyl sites for hydroxylation is 1. The van der Waals surface area contributed by atoms with E-state index in [1.165, 1.54) is 11.3 Å². The Labute approximate surface area is 128 Å². The molecule has 1 aromatic carbocycles. The second-order valence-corrected chi connectivity index (χ2v) is 5.28. The van der Waals surface area contributed by atoms with Crippen molar-refractivity contribution in [2.24, 2.45) is 5.10 Å². The summed E-state index contributed by atoms with van der Waals surface area (Å²) in [6.45, 7) is 4.69. The minimum atomic E-state index is 0.675. The Hall–Kier alpha value is -2.08. The summed E-state index contributed by atoms with van der Waals surface area (Å²) in [4.78, 5) is 4.27. The topological polar surface area (TPSA) is 55.7 Å². The van der Waals surface area contributed by atoms with E-state index >= 15 is 0 Å². The van der Waals surface area contributed by atoms with Gasteiger partial charge in [-0.2, -0.15) is 5.10 Å². The number of thiazole rings is 1. The molecule has 0 aliphatic carbocycles. The van der Waals surface area contributed by atoms with Gasteiger partial charge in [-0.05, 0) is 37.1 Å². The number of aromatic nitrogens is 1. The Morgan fingerprint density at radius 2 is 2.24 bits per heavy atom. The van der Waals surface area contributed by atoms with Gasteiger partial charge in [0.2, 0.25) is 5.13 Å². The largest absolute Gasteiger partial charge is 0.493 e. The Morgan fingerprint density at radius 3 is 2.90 bits per heavy atom. The zero-order valence-electron chi connectivity index (χ0n) is 12.4. The van der Waals surface area contributed by atoms with Crippen LogP contribution in [0.5, 0.6) is 11.5 Å². The lowest BCUT2D eigenvalue weighted by Crippen LogP contribution is -1.98. The molecule has 0 saturated heterocycles. The first-order chi connectivity index (χ1) is 10.2. The molecule has 0 aliphatic heterocycles. The Morgan fingerprint density at radius 1 is 1.38 bits per heavy atom. The van der Waals surface area contributed by atoms with Crippen molar-refractivity contribution in [1.82, 2.24) is 4.98 Å². The minimum absolute atomic E-state index is 0.675. The summed E-state index contributed by atoms with van der Waals surface area (Å²) in [6, 6.07) is 5.72. The lowest BCUT2D eigenvalue weighted by Gasteiger charge is -2.10. The second-order valence-electron chi connectivity index (χ2n) is 4.42. The number of nitrogens with one attached hydrogen (secondary N) is 1. The number of nitrogens with zero attached hydrogens (tertiary/aromatic N) is 2. The van der Waals surface area contributed by atoms with Gasteiger partial charge in [0.05, 0.1) is 25.6 Å². The normalized spacial score (nSPS) is 10.8. The molecule has 1 heterocycles. The summed E-state index contributed by atoms with van der Waals surface area (Å²) in [6.07, 6.45) is 2.69. The van der Waals surface area contributed by atoms with E-state index in [0.29, 0.717) is 12.4 Å². The van der Waals surface area contributed by atoms with Crippen molar-refractivity contribution in [3.8, 4) is 11.5 Å². The van der Waals surface area contributed by atoms with Gasteiger partial charge in [-0.15, -0.1) is 11.3 Å². The first-order valence-electron chi connectivity index (χ1n) is 6.75. The number of rotatable bonds is 7. The maximum absolute atomic E-state index is 5.62. The highest BCUT2D eigenvalue weighted by Crippen LogP contribution is 2.27. The average Bonchev–Trinajstić information content (AvgIpc) is 2.91. The third-order valence-corrected chi connectivity index (χ3v) is 3.51. The summed E-state index contributed by atoms with van der Waals surface area (Å²) in [5.74, 6) is 1.46. The number of hydrogen-bond acceptors (Lipinski definition) is 6. The summed E-state index contributed by atoms with van der Waals surface area (Å²) in [5.41, 5.74) is 4.82. The summed E-state index contributed by atoms with van der Waals surface area (Å²) in [5, 5.41) is 6.92. The smallest absolute Gasteiger partial charge is 0.203 e. The number of benzene rings is 1. The molecular weight excluding hydrogens is 286 g/mol. The van der Waals surface area contributed by atoms with Crippen LogP contribution in [0, 0.1) is 6.92 Å². The van der Waals surface area contributed by atoms with E-state index in [0.717, 1.165) is 28.6 Å². The fourth-order valence-electron chi connectivity index (χ4n) is 1.66. The summed E-state index contributed by atoms with van der Waals surface area (Å²) in [7, 11) is 1.63. The maximum Gasteiger partial charge on any atom is 0.203 e. The first-order valence-corrected chi connectivity index (χ1v) is 7.63. The van der Waals surface area contributed by atoms with Gasteiger partial charge < -0.3 is 9.47 Å². The molecule has 0 spiro atoms. The second kappa shape index (κ2) is 7.64. The molecule has 0 radical (unpaired) electrons. The molecule has 0 amide bonds. The molecule has 0 aliphatic rings. The van der Waals surface area contributed by atoms with E-state index in [2.05, 4.69) is 22.4 Å². The highest BCUT2D eigenvalue weighted by molar-refractivity contribution is 7.13. The van der Waals surface area contributed by atoms with Gasteiger partial charge >= 0.3 is 0 Å². The maximum atomic E-state index is 5.62. The van der Waals surface area contributed by atoms with Crippen LogP contribution in [0.4, 0.5) is 5.13 Å². The predicted molar refractivity (Wildman–Crippen MR) is 86.8 cm³/mol. The van der Waals surface area contributed by atoms with Crippen molar-refractivity contribution in [3.63, 3.8) is 0 Å². The average molecular weight is 305 g/mol. The fourth-order valence-corrected chi connectivity index (χ4v) is 2.30. The molecule has 2 aromatic rings. The van der Waals surface area contributed by atoms with Crippen molar-refractivity contribution in [1.29, 1.82) is 0 Å². The van der Waals surface area contributed by atoms with Crippen LogP contribution in [0.1, 0.15) is 24.6 Å². The monoisotopic (exact) mass is 305 g/mol. The van der Waals surface area contributed by atoms with Crippen LogP contribution in [0.15, 0.2) is 28.7 Å². The summed E-state index contributed by atoms with van der Waals surface area (Å²) < 4.78 is 10.9. The highest BCUT2D eigenvalue weighted by atomic mass is 32.1. The highest BCUT2D eigenvalue weighted by Gasteiger charge is 2.04. The number of anilines is 1. The minimum Gasteiger partial charge on any atom is -0.493 e. The van der Waals surface area contributed by atoms with Crippen LogP contribution < -0.4 is 14.9 Å². The quantitative estimate of drug-likeness (QED) is 0.626. The van der Waals surface area contributed by atoms with Crippen LogP contribution in [0.25, 0.3) is 0 Å². The standard InChI is InChI=1S/C15H19N3O2S/c1-4-7-20-13-6-5-12(8-14(13)19-3)9-16-18-15-17-11(2)10-21-15/h5-6,8-10H,4,7H2,1-3H3,(H,17,18)/b16-9-. The van der Waals surface area contributed by atoms with Gasteiger partial charge in [0.1, 0.15) is 0 Å². The van der Waals surface area contributed by atoms with Crippen LogP contribution in [0.3, 0.4) is 0 Å². The van der Waals surface area contributed by atoms with E-state index in [4.69, 9.17) is 9.47 Å². The number of hydrazone groups is 1. The zero-order chi connectivity index (χ0) is 15.1. The van der Waals surface area contributed by atoms with Crippen LogP contribution in [0.2, 0.25) is 0 Å².